The molecule has 3 nitrogen and oxygen atoms in total. The van der Waals surface area contributed by atoms with Crippen molar-refractivity contribution in [3.8, 4) is 0 Å². The number of nitrogens with one attached hydrogen (secondary N) is 1. The first-order valence-corrected chi connectivity index (χ1v) is 7.66. The molecule has 1 saturated carbocycles. The number of rotatable bonds is 4. The number of carbonyl (C=O) groups is 1. The number of benzene rings is 1. The average Bonchev–Trinajstić information content (AvgIpc) is 2.39. The molecule has 1 aromatic carbocycles. The van der Waals surface area contributed by atoms with Crippen LogP contribution in [0.25, 0.3) is 0 Å². The fraction of sp³-hybridized carbons (Fsp3) is 0.533. The van der Waals surface area contributed by atoms with Crippen LogP contribution in [0.3, 0.4) is 0 Å². The summed E-state index contributed by atoms with van der Waals surface area (Å²) < 4.78 is 0. The minimum absolute atomic E-state index is 0.131. The molecule has 0 unspecified atom stereocenters. The molecule has 1 aliphatic rings. The van der Waals surface area contributed by atoms with Crippen LogP contribution in [0.4, 0.5) is 0 Å². The molecule has 1 aromatic rings. The summed E-state index contributed by atoms with van der Waals surface area (Å²) in [6.45, 7) is 2.07. The standard InChI is InChI=1S/C15H19Cl2NO2/c1-9(13-7-4-11(16)8-14(13)17)18-12-5-2-10(3-6-12)15(19)20/h4,7-10,12,18H,2-3,5-6H2,1H3,(H,19,20)/t9-,10?,12?/m0/s1. The normalized spacial score (nSPS) is 24.4. The molecular weight excluding hydrogens is 297 g/mol. The Hall–Kier alpha value is -0.770. The highest BCUT2D eigenvalue weighted by Gasteiger charge is 2.26. The predicted octanol–water partition coefficient (Wildman–Crippen LogP) is 4.29. The monoisotopic (exact) mass is 315 g/mol. The Bertz CT molecular complexity index is 485. The first-order valence-electron chi connectivity index (χ1n) is 6.91. The Kier molecular flexibility index (Phi) is 5.30. The molecule has 0 amide bonds. The highest BCUT2D eigenvalue weighted by molar-refractivity contribution is 6.35. The molecule has 0 heterocycles. The van der Waals surface area contributed by atoms with Crippen LogP contribution in [0.2, 0.25) is 10.0 Å². The van der Waals surface area contributed by atoms with Crippen LogP contribution < -0.4 is 5.32 Å². The van der Waals surface area contributed by atoms with Crippen LogP contribution >= 0.6 is 23.2 Å². The van der Waals surface area contributed by atoms with Crippen molar-refractivity contribution in [1.82, 2.24) is 5.32 Å². The smallest absolute Gasteiger partial charge is 0.306 e. The fourth-order valence-corrected chi connectivity index (χ4v) is 3.38. The summed E-state index contributed by atoms with van der Waals surface area (Å²) in [6.07, 6.45) is 3.28. The van der Waals surface area contributed by atoms with Gasteiger partial charge in [-0.15, -0.1) is 0 Å². The van der Waals surface area contributed by atoms with E-state index in [9.17, 15) is 4.79 Å². The van der Waals surface area contributed by atoms with Gasteiger partial charge in [0.05, 0.1) is 5.92 Å². The van der Waals surface area contributed by atoms with Crippen molar-refractivity contribution in [2.75, 3.05) is 0 Å². The lowest BCUT2D eigenvalue weighted by molar-refractivity contribution is -0.142. The van der Waals surface area contributed by atoms with E-state index in [0.29, 0.717) is 16.1 Å². The zero-order chi connectivity index (χ0) is 14.7. The van der Waals surface area contributed by atoms with Gasteiger partial charge in [0.15, 0.2) is 0 Å². The Labute approximate surface area is 129 Å². The summed E-state index contributed by atoms with van der Waals surface area (Å²) in [5.74, 6) is -0.847. The Balaban J connectivity index is 1.92. The number of halogens is 2. The predicted molar refractivity (Wildman–Crippen MR) is 81.4 cm³/mol. The third-order valence-corrected chi connectivity index (χ3v) is 4.55. The maximum absolute atomic E-state index is 10.9. The van der Waals surface area contributed by atoms with Crippen LogP contribution in [0.15, 0.2) is 18.2 Å². The molecule has 1 fully saturated rings. The van der Waals surface area contributed by atoms with Gasteiger partial charge in [0.25, 0.3) is 0 Å². The maximum atomic E-state index is 10.9. The third kappa shape index (κ3) is 3.87. The van der Waals surface area contributed by atoms with Crippen LogP contribution in [0.1, 0.15) is 44.2 Å². The summed E-state index contributed by atoms with van der Waals surface area (Å²) in [7, 11) is 0. The quantitative estimate of drug-likeness (QED) is 0.871. The van der Waals surface area contributed by atoms with E-state index in [-0.39, 0.29) is 12.0 Å². The van der Waals surface area contributed by atoms with Crippen molar-refractivity contribution < 1.29 is 9.90 Å². The lowest BCUT2D eigenvalue weighted by Crippen LogP contribution is -2.36. The number of carboxylic acids is 1. The van der Waals surface area contributed by atoms with Crippen LogP contribution in [0, 0.1) is 5.92 Å². The summed E-state index contributed by atoms with van der Waals surface area (Å²) in [5.41, 5.74) is 1.02. The van der Waals surface area contributed by atoms with Crippen molar-refractivity contribution in [2.45, 2.75) is 44.7 Å². The average molecular weight is 316 g/mol. The van der Waals surface area contributed by atoms with Gasteiger partial charge in [0.1, 0.15) is 0 Å². The Morgan fingerprint density at radius 2 is 1.95 bits per heavy atom. The van der Waals surface area contributed by atoms with Gasteiger partial charge >= 0.3 is 5.97 Å². The van der Waals surface area contributed by atoms with E-state index in [1.165, 1.54) is 0 Å². The molecule has 110 valence electrons. The van der Waals surface area contributed by atoms with Gasteiger partial charge in [-0.25, -0.2) is 0 Å². The van der Waals surface area contributed by atoms with Gasteiger partial charge in [-0.2, -0.15) is 0 Å². The molecular formula is C15H19Cl2NO2. The summed E-state index contributed by atoms with van der Waals surface area (Å²) in [5, 5.41) is 13.8. The van der Waals surface area contributed by atoms with E-state index in [4.69, 9.17) is 28.3 Å². The molecule has 0 bridgehead atoms. The van der Waals surface area contributed by atoms with Gasteiger partial charge < -0.3 is 10.4 Å². The zero-order valence-corrected chi connectivity index (χ0v) is 12.9. The molecule has 1 atom stereocenters. The second kappa shape index (κ2) is 6.79. The molecule has 5 heteroatoms. The lowest BCUT2D eigenvalue weighted by Gasteiger charge is -2.30. The van der Waals surface area contributed by atoms with E-state index in [2.05, 4.69) is 12.2 Å². The van der Waals surface area contributed by atoms with Gasteiger partial charge in [0, 0.05) is 22.1 Å². The molecule has 0 aromatic heterocycles. The van der Waals surface area contributed by atoms with Crippen molar-refractivity contribution in [3.63, 3.8) is 0 Å². The van der Waals surface area contributed by atoms with Gasteiger partial charge in [0.2, 0.25) is 0 Å². The van der Waals surface area contributed by atoms with Crippen molar-refractivity contribution >= 4 is 29.2 Å². The Morgan fingerprint density at radius 3 is 2.50 bits per heavy atom. The number of aliphatic carboxylic acids is 1. The lowest BCUT2D eigenvalue weighted by atomic mass is 9.85. The molecule has 0 aliphatic heterocycles. The highest BCUT2D eigenvalue weighted by Crippen LogP contribution is 2.29. The van der Waals surface area contributed by atoms with Crippen LogP contribution in [0.5, 0.6) is 0 Å². The van der Waals surface area contributed by atoms with E-state index >= 15 is 0 Å². The van der Waals surface area contributed by atoms with Gasteiger partial charge in [-0.3, -0.25) is 4.79 Å². The summed E-state index contributed by atoms with van der Waals surface area (Å²) in [6, 6.07) is 6.00. The second-order valence-electron chi connectivity index (χ2n) is 5.44. The second-order valence-corrected chi connectivity index (χ2v) is 6.28. The number of hydrogen-bond donors (Lipinski definition) is 2. The van der Waals surface area contributed by atoms with Gasteiger partial charge in [-0.1, -0.05) is 29.3 Å². The van der Waals surface area contributed by atoms with Crippen molar-refractivity contribution in [3.05, 3.63) is 33.8 Å². The van der Waals surface area contributed by atoms with E-state index < -0.39 is 5.97 Å². The molecule has 2 N–H and O–H groups in total. The minimum Gasteiger partial charge on any atom is -0.481 e. The minimum atomic E-state index is -0.669. The molecule has 1 aliphatic carbocycles. The van der Waals surface area contributed by atoms with Crippen molar-refractivity contribution in [2.24, 2.45) is 5.92 Å². The molecule has 20 heavy (non-hydrogen) atoms. The zero-order valence-electron chi connectivity index (χ0n) is 11.4. The molecule has 0 radical (unpaired) electrons. The molecule has 0 saturated heterocycles. The van der Waals surface area contributed by atoms with E-state index in [1.54, 1.807) is 6.07 Å². The third-order valence-electron chi connectivity index (χ3n) is 3.99. The fourth-order valence-electron chi connectivity index (χ4n) is 2.80. The van der Waals surface area contributed by atoms with Crippen LogP contribution in [-0.2, 0) is 4.79 Å². The largest absolute Gasteiger partial charge is 0.481 e. The summed E-state index contributed by atoms with van der Waals surface area (Å²) >= 11 is 12.1. The van der Waals surface area contributed by atoms with Crippen LogP contribution in [-0.4, -0.2) is 17.1 Å². The first-order chi connectivity index (χ1) is 9.47. The molecule has 2 rings (SSSR count). The van der Waals surface area contributed by atoms with E-state index in [0.717, 1.165) is 31.2 Å². The number of hydrogen-bond acceptors (Lipinski definition) is 2. The maximum Gasteiger partial charge on any atom is 0.306 e. The number of carboxylic acid groups (broad SMARTS) is 1. The molecule has 0 spiro atoms. The van der Waals surface area contributed by atoms with Gasteiger partial charge in [-0.05, 0) is 50.3 Å². The Morgan fingerprint density at radius 1 is 1.30 bits per heavy atom. The van der Waals surface area contributed by atoms with Crippen molar-refractivity contribution in [1.29, 1.82) is 0 Å². The summed E-state index contributed by atoms with van der Waals surface area (Å²) in [4.78, 5) is 10.9. The SMILES string of the molecule is C[C@H](NC1CCC(C(=O)O)CC1)c1ccc(Cl)cc1Cl. The topological polar surface area (TPSA) is 49.3 Å². The highest BCUT2D eigenvalue weighted by atomic mass is 35.5. The first kappa shape index (κ1) is 15.6. The van der Waals surface area contributed by atoms with E-state index in [1.807, 2.05) is 12.1 Å².